The number of fused-ring (bicyclic) bond motifs is 1. The number of carbonyl (C=O) groups is 1. The van der Waals surface area contributed by atoms with Crippen LogP contribution in [-0.2, 0) is 19.4 Å². The maximum Gasteiger partial charge on any atom is 1.00 e. The van der Waals surface area contributed by atoms with E-state index in [2.05, 4.69) is 4.18 Å². The molecule has 36 heavy (non-hydrogen) atoms. The van der Waals surface area contributed by atoms with Crippen LogP contribution in [0.4, 0.5) is 11.4 Å². The number of para-hydroxylation sites is 3. The van der Waals surface area contributed by atoms with Crippen molar-refractivity contribution in [3.63, 3.8) is 0 Å². The zero-order valence-corrected chi connectivity index (χ0v) is 23.1. The van der Waals surface area contributed by atoms with E-state index in [1.165, 1.54) is 4.90 Å². The molecule has 0 unspecified atom stereocenters. The average molecular weight is 540 g/mol. The standard InChI is InChI=1S/C23H23N3O7S2.Na/c27-15-14-25-19(22(28)26(23(25)34)17-7-2-1-3-8-17)11-12-21-24(13-6-16-32-35(29,30)31)18-9-4-5-10-20(18)33-21;/h1-5,7-12,27H,6,13-16H2,(H,29,30,31);/q;+1/p-1. The predicted molar refractivity (Wildman–Crippen MR) is 131 cm³/mol. The minimum absolute atomic E-state index is 0. The third-order valence-electron chi connectivity index (χ3n) is 5.25. The van der Waals surface area contributed by atoms with E-state index >= 15 is 0 Å². The van der Waals surface area contributed by atoms with Gasteiger partial charge in [-0.3, -0.25) is 13.9 Å². The summed E-state index contributed by atoms with van der Waals surface area (Å²) in [5, 5.41) is 9.79. The minimum atomic E-state index is -4.77. The van der Waals surface area contributed by atoms with Crippen molar-refractivity contribution in [1.82, 2.24) is 4.90 Å². The molecule has 1 N–H and O–H groups in total. The summed E-state index contributed by atoms with van der Waals surface area (Å²) < 4.78 is 42.4. The summed E-state index contributed by atoms with van der Waals surface area (Å²) in [6.45, 7) is -0.0539. The Morgan fingerprint density at radius 1 is 1.03 bits per heavy atom. The molecular formula is C23H22N3NaO7S2. The molecular weight excluding hydrogens is 517 g/mol. The van der Waals surface area contributed by atoms with Crippen molar-refractivity contribution >= 4 is 45.0 Å². The Morgan fingerprint density at radius 2 is 1.72 bits per heavy atom. The fraction of sp³-hybridized carbons (Fsp3) is 0.217. The summed E-state index contributed by atoms with van der Waals surface area (Å²) in [5.74, 6) is 0.632. The molecule has 10 nitrogen and oxygen atoms in total. The third kappa shape index (κ3) is 6.33. The number of aliphatic hydroxyl groups is 1. The maximum absolute atomic E-state index is 13.3. The van der Waals surface area contributed by atoms with Gasteiger partial charge in [0, 0.05) is 19.2 Å². The van der Waals surface area contributed by atoms with Crippen LogP contribution in [0.25, 0.3) is 0 Å². The minimum Gasteiger partial charge on any atom is -0.726 e. The van der Waals surface area contributed by atoms with Gasteiger partial charge in [0.2, 0.25) is 16.3 Å². The Hall–Kier alpha value is -2.29. The number of allylic oxidation sites excluding steroid dienone is 2. The third-order valence-corrected chi connectivity index (χ3v) is 6.11. The molecule has 1 amide bonds. The SMILES string of the molecule is O=C1C(=CC=C2Oc3ccccc3N2CCCOS(=O)(=O)[O-])N(CCO)C(=S)N1c1ccccc1.[Na+]. The van der Waals surface area contributed by atoms with Gasteiger partial charge in [0.1, 0.15) is 5.70 Å². The van der Waals surface area contributed by atoms with E-state index in [0.717, 1.165) is 5.69 Å². The second-order valence-corrected chi connectivity index (χ2v) is 8.91. The first-order valence-corrected chi connectivity index (χ1v) is 12.4. The van der Waals surface area contributed by atoms with Crippen LogP contribution < -0.4 is 44.1 Å². The number of anilines is 2. The van der Waals surface area contributed by atoms with Crippen molar-refractivity contribution in [2.75, 3.05) is 36.1 Å². The van der Waals surface area contributed by atoms with E-state index in [1.807, 2.05) is 24.3 Å². The molecule has 184 valence electrons. The van der Waals surface area contributed by atoms with E-state index in [-0.39, 0.29) is 72.5 Å². The summed E-state index contributed by atoms with van der Waals surface area (Å²) in [5.41, 5.74) is 1.62. The van der Waals surface area contributed by atoms with Gasteiger partial charge in [-0.2, -0.15) is 0 Å². The van der Waals surface area contributed by atoms with Crippen molar-refractivity contribution in [2.24, 2.45) is 0 Å². The number of hydrogen-bond acceptors (Lipinski definition) is 9. The Bertz CT molecular complexity index is 1290. The zero-order valence-electron chi connectivity index (χ0n) is 19.4. The molecule has 2 aromatic carbocycles. The Labute approximate surface area is 236 Å². The van der Waals surface area contributed by atoms with E-state index < -0.39 is 10.4 Å². The first kappa shape index (κ1) is 28.3. The number of thiocarbonyl (C=S) groups is 1. The smallest absolute Gasteiger partial charge is 0.726 e. The van der Waals surface area contributed by atoms with Gasteiger partial charge in [0.25, 0.3) is 5.91 Å². The molecule has 0 spiro atoms. The number of benzene rings is 2. The number of rotatable bonds is 9. The normalized spacial score (nSPS) is 17.6. The molecule has 1 saturated heterocycles. The summed E-state index contributed by atoms with van der Waals surface area (Å²) in [4.78, 5) is 18.0. The summed E-state index contributed by atoms with van der Waals surface area (Å²) >= 11 is 5.52. The molecule has 13 heteroatoms. The number of ether oxygens (including phenoxy) is 1. The van der Waals surface area contributed by atoms with Crippen LogP contribution in [-0.4, -0.2) is 60.3 Å². The summed E-state index contributed by atoms with van der Waals surface area (Å²) in [7, 11) is -4.77. The van der Waals surface area contributed by atoms with Crippen molar-refractivity contribution in [1.29, 1.82) is 0 Å². The Morgan fingerprint density at radius 3 is 2.42 bits per heavy atom. The van der Waals surface area contributed by atoms with Gasteiger partial charge in [-0.15, -0.1) is 0 Å². The number of aliphatic hydroxyl groups excluding tert-OH is 1. The van der Waals surface area contributed by atoms with Gasteiger partial charge < -0.3 is 24.2 Å². The molecule has 2 aliphatic rings. The first-order chi connectivity index (χ1) is 16.8. The first-order valence-electron chi connectivity index (χ1n) is 10.7. The zero-order chi connectivity index (χ0) is 25.0. The van der Waals surface area contributed by atoms with Gasteiger partial charge in [0.15, 0.2) is 10.9 Å². The number of hydrogen-bond donors (Lipinski definition) is 1. The van der Waals surface area contributed by atoms with Crippen molar-refractivity contribution in [3.8, 4) is 5.75 Å². The topological polar surface area (TPSA) is 123 Å². The van der Waals surface area contributed by atoms with Gasteiger partial charge in [-0.1, -0.05) is 30.3 Å². The Kier molecular flexibility index (Phi) is 9.66. The van der Waals surface area contributed by atoms with Crippen LogP contribution >= 0.6 is 12.2 Å². The van der Waals surface area contributed by atoms with Crippen LogP contribution in [0, 0.1) is 0 Å². The van der Waals surface area contributed by atoms with Gasteiger partial charge in [-0.05, 0) is 49.0 Å². The number of carbonyl (C=O) groups excluding carboxylic acids is 1. The van der Waals surface area contributed by atoms with E-state index in [4.69, 9.17) is 17.0 Å². The van der Waals surface area contributed by atoms with Crippen LogP contribution in [0.2, 0.25) is 0 Å². The monoisotopic (exact) mass is 539 g/mol. The van der Waals surface area contributed by atoms with E-state index in [9.17, 15) is 22.9 Å². The molecule has 0 bridgehead atoms. The second kappa shape index (κ2) is 12.3. The number of amides is 1. The molecule has 2 aromatic rings. The molecule has 0 radical (unpaired) electrons. The summed E-state index contributed by atoms with van der Waals surface area (Å²) in [6, 6.07) is 16.2. The molecule has 2 heterocycles. The van der Waals surface area contributed by atoms with E-state index in [0.29, 0.717) is 23.9 Å². The largest absolute Gasteiger partial charge is 1.00 e. The quantitative estimate of drug-likeness (QED) is 0.107. The van der Waals surface area contributed by atoms with Gasteiger partial charge >= 0.3 is 29.6 Å². The maximum atomic E-state index is 13.3. The average Bonchev–Trinajstić information content (AvgIpc) is 3.29. The van der Waals surface area contributed by atoms with Gasteiger partial charge in [0.05, 0.1) is 24.6 Å². The fourth-order valence-corrected chi connectivity index (χ4v) is 4.46. The molecule has 0 aromatic heterocycles. The molecule has 1 fully saturated rings. The van der Waals surface area contributed by atoms with Crippen LogP contribution in [0.3, 0.4) is 0 Å². The number of nitrogens with zero attached hydrogens (tertiary/aromatic N) is 3. The molecule has 0 saturated carbocycles. The predicted octanol–water partition coefficient (Wildman–Crippen LogP) is -0.892. The number of β-amino-alcohol motifs (C(OH)–C–C–N with tert-alkyl or cyclic N) is 1. The van der Waals surface area contributed by atoms with Crippen LogP contribution in [0.5, 0.6) is 5.75 Å². The van der Waals surface area contributed by atoms with Crippen molar-refractivity contribution in [3.05, 3.63) is 78.3 Å². The van der Waals surface area contributed by atoms with Gasteiger partial charge in [-0.25, -0.2) is 8.42 Å². The molecule has 0 aliphatic carbocycles. The molecule has 4 rings (SSSR count). The van der Waals surface area contributed by atoms with Crippen LogP contribution in [0.15, 0.2) is 78.3 Å². The summed E-state index contributed by atoms with van der Waals surface area (Å²) in [6.07, 6.45) is 3.41. The Balaban J connectivity index is 0.00000361. The molecule has 0 atom stereocenters. The van der Waals surface area contributed by atoms with Crippen LogP contribution in [0.1, 0.15) is 6.42 Å². The molecule has 2 aliphatic heterocycles. The van der Waals surface area contributed by atoms with E-state index in [1.54, 1.807) is 52.3 Å². The second-order valence-electron chi connectivity index (χ2n) is 7.50. The van der Waals surface area contributed by atoms with Crippen molar-refractivity contribution in [2.45, 2.75) is 6.42 Å². The fourth-order valence-electron chi connectivity index (χ4n) is 3.76. The van der Waals surface area contributed by atoms with Crippen molar-refractivity contribution < 1.29 is 61.3 Å².